The fourth-order valence-corrected chi connectivity index (χ4v) is 6.56. The fourth-order valence-electron chi connectivity index (χ4n) is 4.64. The lowest BCUT2D eigenvalue weighted by atomic mass is 10.2. The van der Waals surface area contributed by atoms with Crippen molar-refractivity contribution in [3.8, 4) is 0 Å². The molecule has 0 amide bonds. The summed E-state index contributed by atoms with van der Waals surface area (Å²) in [6, 6.07) is 11.5. The second-order valence-electron chi connectivity index (χ2n) is 12.7. The van der Waals surface area contributed by atoms with Crippen LogP contribution in [0.4, 0.5) is 11.4 Å². The zero-order valence-electron chi connectivity index (χ0n) is 27.3. The Morgan fingerprint density at radius 2 is 1.09 bits per heavy atom. The van der Waals surface area contributed by atoms with E-state index in [0.29, 0.717) is 39.7 Å². The molecular formula is C32H50Cl4N4O4Si. The molecule has 2 fully saturated rings. The summed E-state index contributed by atoms with van der Waals surface area (Å²) in [5, 5.41) is 15.4. The van der Waals surface area contributed by atoms with E-state index in [1.54, 1.807) is 6.07 Å². The molecule has 45 heavy (non-hydrogen) atoms. The van der Waals surface area contributed by atoms with Crippen LogP contribution < -0.4 is 9.80 Å². The van der Waals surface area contributed by atoms with Crippen molar-refractivity contribution >= 4 is 66.1 Å². The molecular weight excluding hydrogens is 674 g/mol. The van der Waals surface area contributed by atoms with Crippen LogP contribution in [-0.2, 0) is 14.1 Å². The highest BCUT2D eigenvalue weighted by Gasteiger charge is 2.36. The summed E-state index contributed by atoms with van der Waals surface area (Å²) < 4.78 is 6.19. The van der Waals surface area contributed by atoms with Crippen LogP contribution in [0.15, 0.2) is 36.4 Å². The quantitative estimate of drug-likeness (QED) is 0.175. The van der Waals surface area contributed by atoms with Crippen molar-refractivity contribution in [1.82, 2.24) is 10.1 Å². The minimum atomic E-state index is -1.65. The van der Waals surface area contributed by atoms with Crippen molar-refractivity contribution in [2.75, 3.05) is 88.6 Å². The average Bonchev–Trinajstić information content (AvgIpc) is 3.00. The minimum absolute atomic E-state index is 0.165. The van der Waals surface area contributed by atoms with E-state index in [1.165, 1.54) is 0 Å². The summed E-state index contributed by atoms with van der Waals surface area (Å²) in [6.07, 6.45) is 1.59. The van der Waals surface area contributed by atoms with Crippen molar-refractivity contribution < 1.29 is 19.2 Å². The third-order valence-corrected chi connectivity index (χ3v) is 14.6. The summed E-state index contributed by atoms with van der Waals surface area (Å²) in [6.45, 7) is 20.3. The smallest absolute Gasteiger partial charge is 0.191 e. The van der Waals surface area contributed by atoms with Gasteiger partial charge in [-0.15, -0.1) is 0 Å². The topological polar surface area (TPSA) is 60.9 Å². The molecule has 0 unspecified atom stereocenters. The fraction of sp³-hybridized carbons (Fsp3) is 0.625. The molecule has 0 radical (unpaired) electrons. The maximum atomic E-state index is 8.71. The van der Waals surface area contributed by atoms with Crippen molar-refractivity contribution in [2.45, 2.75) is 51.7 Å². The molecule has 4 rings (SSSR count). The van der Waals surface area contributed by atoms with E-state index in [-0.39, 0.29) is 11.6 Å². The molecule has 2 aromatic rings. The molecule has 8 nitrogen and oxygen atoms in total. The molecule has 254 valence electrons. The Morgan fingerprint density at radius 1 is 0.667 bits per heavy atom. The van der Waals surface area contributed by atoms with E-state index in [1.807, 2.05) is 40.5 Å². The molecule has 0 aliphatic carbocycles. The Bertz CT molecular complexity index is 1170. The van der Waals surface area contributed by atoms with Crippen LogP contribution in [0, 0.1) is 0 Å². The van der Waals surface area contributed by atoms with Crippen molar-refractivity contribution in [3.63, 3.8) is 0 Å². The van der Waals surface area contributed by atoms with Gasteiger partial charge in [-0.05, 0) is 55.2 Å². The van der Waals surface area contributed by atoms with Gasteiger partial charge in [0, 0.05) is 65.6 Å². The van der Waals surface area contributed by atoms with Gasteiger partial charge in [0.1, 0.15) is 0 Å². The molecule has 0 saturated carbocycles. The minimum Gasteiger partial charge on any atom is -0.417 e. The number of anilines is 2. The van der Waals surface area contributed by atoms with Gasteiger partial charge in [0.05, 0.1) is 44.7 Å². The first-order chi connectivity index (χ1) is 21.3. The molecule has 2 heterocycles. The highest BCUT2D eigenvalue weighted by molar-refractivity contribution is 6.74. The Hall–Kier alpha value is -0.823. The van der Waals surface area contributed by atoms with Crippen LogP contribution in [0.3, 0.4) is 0 Å². The zero-order valence-corrected chi connectivity index (χ0v) is 31.4. The summed E-state index contributed by atoms with van der Waals surface area (Å²) in [5.74, 6) is 0. The zero-order chi connectivity index (χ0) is 33.0. The molecule has 2 aromatic carbocycles. The molecule has 0 atom stereocenters. The first-order valence-corrected chi connectivity index (χ1v) is 20.1. The van der Waals surface area contributed by atoms with Gasteiger partial charge in [0.2, 0.25) is 0 Å². The molecule has 0 bridgehead atoms. The van der Waals surface area contributed by atoms with E-state index in [2.05, 4.69) is 43.7 Å². The van der Waals surface area contributed by atoms with Gasteiger partial charge < -0.3 is 19.3 Å². The normalized spacial score (nSPS) is 16.9. The molecule has 0 aromatic heterocycles. The molecule has 2 saturated heterocycles. The Balaban J connectivity index is 0.000000257. The predicted octanol–water partition coefficient (Wildman–Crippen LogP) is 7.89. The molecule has 1 N–H and O–H groups in total. The van der Waals surface area contributed by atoms with Crippen LogP contribution in [0.25, 0.3) is 0 Å². The monoisotopic (exact) mass is 722 g/mol. The number of piperazine rings is 2. The van der Waals surface area contributed by atoms with Gasteiger partial charge in [0.25, 0.3) is 0 Å². The first kappa shape index (κ1) is 38.6. The Labute approximate surface area is 291 Å². The van der Waals surface area contributed by atoms with Gasteiger partial charge in [-0.3, -0.25) is 9.68 Å². The summed E-state index contributed by atoms with van der Waals surface area (Å²) in [4.78, 5) is 15.9. The van der Waals surface area contributed by atoms with Gasteiger partial charge in [-0.1, -0.05) is 79.3 Å². The van der Waals surface area contributed by atoms with Crippen LogP contribution in [0.5, 0.6) is 0 Å². The number of aliphatic hydroxyl groups is 1. The number of benzene rings is 2. The highest BCUT2D eigenvalue weighted by atomic mass is 35.5. The number of aliphatic hydroxyl groups excluding tert-OH is 1. The second-order valence-corrected chi connectivity index (χ2v) is 19.1. The van der Waals surface area contributed by atoms with Gasteiger partial charge in [-0.2, -0.15) is 10.1 Å². The molecule has 13 heteroatoms. The lowest BCUT2D eigenvalue weighted by Gasteiger charge is -2.37. The standard InChI is InChI=1S/C19H32Cl2N2O2Si.C13H18Cl2N2O2/c1-19(2,3)26(4,5)25-15-7-14-24-23-12-10-22(11-13-23)17-9-6-8-16(20)18(17)21;14-11-3-1-4-12(13(11)15)16-5-7-17(8-6-16)19-10-2-9-18/h6,8-9H,7,10-15H2,1-5H3;1,3-4,18H,2,5-10H2. The number of rotatable bonds is 12. The van der Waals surface area contributed by atoms with Crippen LogP contribution in [0.1, 0.15) is 33.6 Å². The number of hydrogen-bond acceptors (Lipinski definition) is 8. The van der Waals surface area contributed by atoms with E-state index < -0.39 is 8.32 Å². The highest BCUT2D eigenvalue weighted by Crippen LogP contribution is 2.37. The number of hydrogen-bond donors (Lipinski definition) is 1. The lowest BCUT2D eigenvalue weighted by molar-refractivity contribution is -0.163. The van der Waals surface area contributed by atoms with Gasteiger partial charge >= 0.3 is 0 Å². The Morgan fingerprint density at radius 3 is 1.49 bits per heavy atom. The molecule has 2 aliphatic rings. The second kappa shape index (κ2) is 18.6. The number of halogens is 4. The van der Waals surface area contributed by atoms with E-state index in [9.17, 15) is 0 Å². The SMILES string of the molecule is CC(C)(C)[Si](C)(C)OCCCON1CCN(c2cccc(Cl)c2Cl)CC1.OCCCON1CCN(c2cccc(Cl)c2Cl)CC1. The van der Waals surface area contributed by atoms with Gasteiger partial charge in [-0.25, -0.2) is 0 Å². The van der Waals surface area contributed by atoms with E-state index in [4.69, 9.17) is 65.6 Å². The van der Waals surface area contributed by atoms with Crippen LogP contribution in [-0.4, -0.2) is 102 Å². The largest absolute Gasteiger partial charge is 0.417 e. The molecule has 0 spiro atoms. The predicted molar refractivity (Wildman–Crippen MR) is 192 cm³/mol. The average molecular weight is 725 g/mol. The first-order valence-electron chi connectivity index (χ1n) is 15.7. The third kappa shape index (κ3) is 12.0. The number of hydroxylamine groups is 4. The van der Waals surface area contributed by atoms with Crippen molar-refractivity contribution in [2.24, 2.45) is 0 Å². The van der Waals surface area contributed by atoms with Crippen molar-refractivity contribution in [1.29, 1.82) is 0 Å². The summed E-state index contributed by atoms with van der Waals surface area (Å²) >= 11 is 24.7. The maximum Gasteiger partial charge on any atom is 0.191 e. The summed E-state index contributed by atoms with van der Waals surface area (Å²) in [7, 11) is -1.65. The van der Waals surface area contributed by atoms with Crippen LogP contribution >= 0.6 is 46.4 Å². The van der Waals surface area contributed by atoms with E-state index in [0.717, 1.165) is 76.8 Å². The third-order valence-electron chi connectivity index (χ3n) is 8.43. The van der Waals surface area contributed by atoms with E-state index >= 15 is 0 Å². The summed E-state index contributed by atoms with van der Waals surface area (Å²) in [5.41, 5.74) is 1.98. The van der Waals surface area contributed by atoms with Crippen LogP contribution in [0.2, 0.25) is 38.2 Å². The lowest BCUT2D eigenvalue weighted by Crippen LogP contribution is -2.46. The maximum absolute atomic E-state index is 8.71. The Kier molecular flexibility index (Phi) is 16.0. The van der Waals surface area contributed by atoms with Gasteiger partial charge in [0.15, 0.2) is 8.32 Å². The van der Waals surface area contributed by atoms with Crippen molar-refractivity contribution in [3.05, 3.63) is 56.5 Å². The molecule has 2 aliphatic heterocycles. The number of nitrogens with zero attached hydrogens (tertiary/aromatic N) is 4.